The highest BCUT2D eigenvalue weighted by atomic mass is 32.2. The van der Waals surface area contributed by atoms with Gasteiger partial charge in [0.25, 0.3) is 5.91 Å². The zero-order valence-corrected chi connectivity index (χ0v) is 18.0. The van der Waals surface area contributed by atoms with Gasteiger partial charge in [0.05, 0.1) is 11.4 Å². The smallest absolute Gasteiger partial charge is 0.255 e. The van der Waals surface area contributed by atoms with E-state index in [0.29, 0.717) is 17.7 Å². The van der Waals surface area contributed by atoms with Crippen LogP contribution in [0.5, 0.6) is 0 Å². The number of benzene rings is 2. The molecule has 0 radical (unpaired) electrons. The van der Waals surface area contributed by atoms with Gasteiger partial charge in [0.1, 0.15) is 0 Å². The molecule has 2 amide bonds. The van der Waals surface area contributed by atoms with E-state index in [9.17, 15) is 9.59 Å². The van der Waals surface area contributed by atoms with E-state index in [0.717, 1.165) is 40.2 Å². The van der Waals surface area contributed by atoms with Crippen LogP contribution in [-0.4, -0.2) is 35.6 Å². The molecule has 31 heavy (non-hydrogen) atoms. The normalized spacial score (nSPS) is 16.4. The van der Waals surface area contributed by atoms with Crippen LogP contribution in [0.15, 0.2) is 53.7 Å². The Morgan fingerprint density at radius 1 is 1.06 bits per heavy atom. The average molecular weight is 433 g/mol. The molecule has 158 valence electrons. The Morgan fingerprint density at radius 2 is 1.94 bits per heavy atom. The number of carbonyl (C=O) groups excluding carboxylic acids is 2. The quantitative estimate of drug-likeness (QED) is 0.615. The van der Waals surface area contributed by atoms with Crippen LogP contribution in [0.4, 0.5) is 17.1 Å². The van der Waals surface area contributed by atoms with Crippen molar-refractivity contribution in [1.29, 1.82) is 0 Å². The number of carbonyl (C=O) groups is 2. The average Bonchev–Trinajstić information content (AvgIpc) is 2.99. The Kier molecular flexibility index (Phi) is 5.51. The van der Waals surface area contributed by atoms with E-state index in [2.05, 4.69) is 26.6 Å². The molecule has 0 spiro atoms. The van der Waals surface area contributed by atoms with Gasteiger partial charge < -0.3 is 15.5 Å². The van der Waals surface area contributed by atoms with Gasteiger partial charge in [0.2, 0.25) is 5.91 Å². The van der Waals surface area contributed by atoms with Crippen LogP contribution in [0.1, 0.15) is 36.0 Å². The van der Waals surface area contributed by atoms with Crippen LogP contribution < -0.4 is 15.5 Å². The lowest BCUT2D eigenvalue weighted by Crippen LogP contribution is -2.29. The maximum Gasteiger partial charge on any atom is 0.255 e. The molecule has 0 unspecified atom stereocenters. The first-order valence-electron chi connectivity index (χ1n) is 10.7. The SMILES string of the molecule is O=C1CCSc2ccc(C(=O)Nc3ccc(N4CCCCC4)c4ccncc34)cc2N1. The number of hydrogen-bond acceptors (Lipinski definition) is 5. The van der Waals surface area contributed by atoms with Crippen molar-refractivity contribution in [2.45, 2.75) is 30.6 Å². The first-order chi connectivity index (χ1) is 15.2. The van der Waals surface area contributed by atoms with E-state index in [1.807, 2.05) is 24.4 Å². The Labute approximate surface area is 185 Å². The van der Waals surface area contributed by atoms with Crippen LogP contribution in [0.3, 0.4) is 0 Å². The number of amides is 2. The summed E-state index contributed by atoms with van der Waals surface area (Å²) >= 11 is 1.63. The molecule has 3 heterocycles. The number of hydrogen-bond donors (Lipinski definition) is 2. The molecular formula is C24H24N4O2S. The number of pyridine rings is 1. The Balaban J connectivity index is 1.44. The van der Waals surface area contributed by atoms with Crippen LogP contribution in [0.2, 0.25) is 0 Å². The maximum atomic E-state index is 13.0. The third-order valence-corrected chi connectivity index (χ3v) is 6.92. The lowest BCUT2D eigenvalue weighted by molar-refractivity contribution is -0.115. The lowest BCUT2D eigenvalue weighted by atomic mass is 10.0. The Morgan fingerprint density at radius 3 is 2.81 bits per heavy atom. The van der Waals surface area contributed by atoms with Gasteiger partial charge in [-0.2, -0.15) is 0 Å². The van der Waals surface area contributed by atoms with Crippen molar-refractivity contribution in [1.82, 2.24) is 4.98 Å². The van der Waals surface area contributed by atoms with Crippen LogP contribution >= 0.6 is 11.8 Å². The summed E-state index contributed by atoms with van der Waals surface area (Å²) in [5.74, 6) is 0.517. The number of fused-ring (bicyclic) bond motifs is 2. The predicted octanol–water partition coefficient (Wildman–Crippen LogP) is 4.91. The fourth-order valence-electron chi connectivity index (χ4n) is 4.25. The maximum absolute atomic E-state index is 13.0. The summed E-state index contributed by atoms with van der Waals surface area (Å²) in [5, 5.41) is 7.97. The van der Waals surface area contributed by atoms with E-state index >= 15 is 0 Å². The monoisotopic (exact) mass is 432 g/mol. The van der Waals surface area contributed by atoms with E-state index in [1.54, 1.807) is 30.1 Å². The highest BCUT2D eigenvalue weighted by Gasteiger charge is 2.18. The van der Waals surface area contributed by atoms with E-state index in [4.69, 9.17) is 0 Å². The van der Waals surface area contributed by atoms with Crippen molar-refractivity contribution in [3.63, 3.8) is 0 Å². The summed E-state index contributed by atoms with van der Waals surface area (Å²) in [6.07, 6.45) is 7.78. The molecule has 6 nitrogen and oxygen atoms in total. The summed E-state index contributed by atoms with van der Waals surface area (Å²) in [6.45, 7) is 2.12. The molecule has 0 saturated carbocycles. The number of nitrogens with one attached hydrogen (secondary N) is 2. The van der Waals surface area contributed by atoms with E-state index in [-0.39, 0.29) is 11.8 Å². The van der Waals surface area contributed by atoms with Crippen molar-refractivity contribution in [3.05, 3.63) is 54.4 Å². The summed E-state index contributed by atoms with van der Waals surface area (Å²) < 4.78 is 0. The minimum atomic E-state index is -0.206. The van der Waals surface area contributed by atoms with Gasteiger partial charge in [-0.1, -0.05) is 0 Å². The molecule has 1 fully saturated rings. The zero-order valence-electron chi connectivity index (χ0n) is 17.2. The van der Waals surface area contributed by atoms with Gasteiger partial charge in [-0.15, -0.1) is 11.8 Å². The molecule has 2 aromatic carbocycles. The molecule has 2 aliphatic rings. The second-order valence-corrected chi connectivity index (χ2v) is 9.05. The lowest BCUT2D eigenvalue weighted by Gasteiger charge is -2.30. The van der Waals surface area contributed by atoms with Crippen molar-refractivity contribution in [3.8, 4) is 0 Å². The van der Waals surface area contributed by atoms with E-state index in [1.165, 1.54) is 24.9 Å². The second kappa shape index (κ2) is 8.59. The third-order valence-electron chi connectivity index (χ3n) is 5.84. The zero-order chi connectivity index (χ0) is 21.2. The number of thioether (sulfide) groups is 1. The number of piperidine rings is 1. The topological polar surface area (TPSA) is 74.3 Å². The first-order valence-corrected chi connectivity index (χ1v) is 11.7. The summed E-state index contributed by atoms with van der Waals surface area (Å²) in [4.78, 5) is 32.6. The molecule has 7 heteroatoms. The molecule has 2 aliphatic heterocycles. The fraction of sp³-hybridized carbons (Fsp3) is 0.292. The Bertz CT molecular complexity index is 1160. The molecular weight excluding hydrogens is 408 g/mol. The second-order valence-electron chi connectivity index (χ2n) is 7.91. The first kappa shape index (κ1) is 19.9. The summed E-state index contributed by atoms with van der Waals surface area (Å²) in [7, 11) is 0. The van der Waals surface area contributed by atoms with Crippen molar-refractivity contribution in [2.75, 3.05) is 34.4 Å². The number of rotatable bonds is 3. The molecule has 5 rings (SSSR count). The third kappa shape index (κ3) is 4.10. The molecule has 0 aliphatic carbocycles. The molecule has 0 bridgehead atoms. The molecule has 1 saturated heterocycles. The van der Waals surface area contributed by atoms with Gasteiger partial charge in [-0.3, -0.25) is 14.6 Å². The summed E-state index contributed by atoms with van der Waals surface area (Å²) in [5.41, 5.74) is 3.15. The van der Waals surface area contributed by atoms with Crippen LogP contribution in [0, 0.1) is 0 Å². The van der Waals surface area contributed by atoms with Gasteiger partial charge >= 0.3 is 0 Å². The van der Waals surface area contributed by atoms with Crippen molar-refractivity contribution < 1.29 is 9.59 Å². The van der Waals surface area contributed by atoms with Crippen molar-refractivity contribution >= 4 is 51.4 Å². The molecule has 3 aromatic rings. The molecule has 0 atom stereocenters. The fourth-order valence-corrected chi connectivity index (χ4v) is 5.19. The number of aromatic nitrogens is 1. The van der Waals surface area contributed by atoms with Gasteiger partial charge in [0.15, 0.2) is 0 Å². The highest BCUT2D eigenvalue weighted by molar-refractivity contribution is 7.99. The molecule has 1 aromatic heterocycles. The minimum absolute atomic E-state index is 0.0193. The largest absolute Gasteiger partial charge is 0.371 e. The number of anilines is 3. The van der Waals surface area contributed by atoms with Crippen LogP contribution in [0.25, 0.3) is 10.8 Å². The van der Waals surface area contributed by atoms with Gasteiger partial charge in [-0.25, -0.2) is 0 Å². The predicted molar refractivity (Wildman–Crippen MR) is 126 cm³/mol. The van der Waals surface area contributed by atoms with Crippen LogP contribution in [-0.2, 0) is 4.79 Å². The number of nitrogens with zero attached hydrogens (tertiary/aromatic N) is 2. The highest BCUT2D eigenvalue weighted by Crippen LogP contribution is 2.34. The standard InChI is InChI=1S/C24H24N4O2S/c29-23-9-13-31-22-7-4-16(14-20(22)26-23)24(30)27-19-5-6-21(28-11-2-1-3-12-28)17-8-10-25-15-18(17)19/h4-8,10,14-15H,1-3,9,11-13H2,(H,26,29)(H,27,30). The summed E-state index contributed by atoms with van der Waals surface area (Å²) in [6, 6.07) is 11.5. The van der Waals surface area contributed by atoms with Gasteiger partial charge in [-0.05, 0) is 55.7 Å². The molecule has 2 N–H and O–H groups in total. The Hall–Kier alpha value is -3.06. The van der Waals surface area contributed by atoms with Crippen molar-refractivity contribution in [2.24, 2.45) is 0 Å². The minimum Gasteiger partial charge on any atom is -0.371 e. The van der Waals surface area contributed by atoms with E-state index < -0.39 is 0 Å². The van der Waals surface area contributed by atoms with Gasteiger partial charge in [0, 0.05) is 64.6 Å².